The first-order valence-corrected chi connectivity index (χ1v) is 17.6. The molecule has 0 atom stereocenters. The third-order valence-corrected chi connectivity index (χ3v) is 11.5. The summed E-state index contributed by atoms with van der Waals surface area (Å²) >= 11 is 1.87. The van der Waals surface area contributed by atoms with Gasteiger partial charge in [-0.05, 0) is 83.2 Å². The number of benzene rings is 8. The smallest absolute Gasteiger partial charge is 0.0541 e. The van der Waals surface area contributed by atoms with E-state index in [1.807, 2.05) is 11.3 Å². The van der Waals surface area contributed by atoms with Gasteiger partial charge in [-0.1, -0.05) is 103 Å². The Labute approximate surface area is 286 Å². The van der Waals surface area contributed by atoms with Gasteiger partial charge in [0.05, 0.1) is 27.8 Å². The van der Waals surface area contributed by atoms with Crippen molar-refractivity contribution in [2.24, 2.45) is 0 Å². The minimum absolute atomic E-state index is 1.19. The molecule has 0 spiro atoms. The quantitative estimate of drug-likeness (QED) is 0.182. The maximum absolute atomic E-state index is 2.43. The molecule has 11 aromatic rings. The lowest BCUT2D eigenvalue weighted by molar-refractivity contribution is 1.19. The molecule has 0 fully saturated rings. The van der Waals surface area contributed by atoms with E-state index >= 15 is 0 Å². The predicted molar refractivity (Wildman–Crippen MR) is 211 cm³/mol. The highest BCUT2D eigenvalue weighted by Gasteiger charge is 2.17. The first kappa shape index (κ1) is 26.9. The van der Waals surface area contributed by atoms with Crippen LogP contribution in [0.1, 0.15) is 0 Å². The Morgan fingerprint density at radius 3 is 1.63 bits per heavy atom. The molecule has 0 aliphatic heterocycles. The van der Waals surface area contributed by atoms with Crippen LogP contribution in [0.4, 0.5) is 0 Å². The Kier molecular flexibility index (Phi) is 5.57. The third kappa shape index (κ3) is 3.88. The lowest BCUT2D eigenvalue weighted by atomic mass is 10.0. The molecule has 2 nitrogen and oxygen atoms in total. The number of hydrogen-bond acceptors (Lipinski definition) is 1. The van der Waals surface area contributed by atoms with Gasteiger partial charge in [0.1, 0.15) is 0 Å². The number of nitrogens with zero attached hydrogens (tertiary/aromatic N) is 2. The minimum Gasteiger partial charge on any atom is -0.309 e. The molecule has 0 amide bonds. The zero-order chi connectivity index (χ0) is 32.1. The summed E-state index contributed by atoms with van der Waals surface area (Å²) in [4.78, 5) is 0. The SMILES string of the molecule is c1ccc2c(-n3c4ccccc4c4cc(-c5ccc6c(c5)c5ccccc5n6-c5ccc6sc7ccccc7c6c5)ccc43)cccc2c1. The van der Waals surface area contributed by atoms with E-state index in [2.05, 4.69) is 179 Å². The van der Waals surface area contributed by atoms with Gasteiger partial charge in [0, 0.05) is 52.8 Å². The van der Waals surface area contributed by atoms with Gasteiger partial charge >= 0.3 is 0 Å². The van der Waals surface area contributed by atoms with Crippen molar-refractivity contribution in [3.63, 3.8) is 0 Å². The van der Waals surface area contributed by atoms with E-state index in [0.29, 0.717) is 0 Å². The summed E-state index contributed by atoms with van der Waals surface area (Å²) in [5, 5.41) is 10.2. The molecule has 0 saturated carbocycles. The molecule has 0 aliphatic carbocycles. The Hall–Kier alpha value is -6.16. The summed E-state index contributed by atoms with van der Waals surface area (Å²) < 4.78 is 7.52. The van der Waals surface area contributed by atoms with E-state index in [0.717, 1.165) is 0 Å². The summed E-state index contributed by atoms with van der Waals surface area (Å²) in [6.45, 7) is 0. The molecular weight excluding hydrogens is 613 g/mol. The topological polar surface area (TPSA) is 9.86 Å². The van der Waals surface area contributed by atoms with Crippen LogP contribution in [0.2, 0.25) is 0 Å². The normalized spacial score (nSPS) is 12.1. The standard InChI is InChI=1S/C46H28N2S/c1-2-12-33-29(10-1)11-9-18-40(33)48-42-17-7-4-14-35(42)38-27-31(21-24-44(38)48)30-20-23-43-37(26-30)34-13-3-6-16-41(34)47(43)32-22-25-46-39(28-32)36-15-5-8-19-45(36)49-46/h1-28H. The number of fused-ring (bicyclic) bond motifs is 10. The highest BCUT2D eigenvalue weighted by molar-refractivity contribution is 7.25. The Balaban J connectivity index is 1.11. The average Bonchev–Trinajstić information content (AvgIpc) is 3.81. The van der Waals surface area contributed by atoms with Gasteiger partial charge in [0.25, 0.3) is 0 Å². The average molecular weight is 641 g/mol. The molecule has 0 aliphatic rings. The lowest BCUT2D eigenvalue weighted by Gasteiger charge is -2.12. The van der Waals surface area contributed by atoms with Crippen molar-refractivity contribution in [3.05, 3.63) is 170 Å². The molecule has 0 unspecified atom stereocenters. The fourth-order valence-corrected chi connectivity index (χ4v) is 9.19. The van der Waals surface area contributed by atoms with Crippen LogP contribution in [0.15, 0.2) is 170 Å². The van der Waals surface area contributed by atoms with Crippen LogP contribution in [-0.2, 0) is 0 Å². The van der Waals surface area contributed by atoms with Crippen LogP contribution in [0.3, 0.4) is 0 Å². The Morgan fingerprint density at radius 2 is 0.878 bits per heavy atom. The highest BCUT2D eigenvalue weighted by atomic mass is 32.1. The van der Waals surface area contributed by atoms with E-state index in [1.165, 1.54) is 97.1 Å². The first-order valence-electron chi connectivity index (χ1n) is 16.8. The van der Waals surface area contributed by atoms with Crippen molar-refractivity contribution in [2.45, 2.75) is 0 Å². The maximum Gasteiger partial charge on any atom is 0.0541 e. The van der Waals surface area contributed by atoms with E-state index in [4.69, 9.17) is 0 Å². The van der Waals surface area contributed by atoms with Crippen LogP contribution in [0.5, 0.6) is 0 Å². The highest BCUT2D eigenvalue weighted by Crippen LogP contribution is 2.40. The van der Waals surface area contributed by atoms with Crippen molar-refractivity contribution >= 4 is 85.9 Å². The molecule has 0 saturated heterocycles. The van der Waals surface area contributed by atoms with Crippen molar-refractivity contribution in [1.29, 1.82) is 0 Å². The second kappa shape index (κ2) is 10.2. The zero-order valence-electron chi connectivity index (χ0n) is 26.5. The van der Waals surface area contributed by atoms with E-state index < -0.39 is 0 Å². The third-order valence-electron chi connectivity index (χ3n) is 10.3. The van der Waals surface area contributed by atoms with Crippen LogP contribution < -0.4 is 0 Å². The molecule has 3 heteroatoms. The fraction of sp³-hybridized carbons (Fsp3) is 0. The second-order valence-electron chi connectivity index (χ2n) is 12.9. The zero-order valence-corrected chi connectivity index (χ0v) is 27.3. The predicted octanol–water partition coefficient (Wildman–Crippen LogP) is 13.1. The molecule has 8 aromatic carbocycles. The summed E-state index contributed by atoms with van der Waals surface area (Å²) in [6, 6.07) is 62.5. The maximum atomic E-state index is 2.43. The van der Waals surface area contributed by atoms with E-state index in [-0.39, 0.29) is 0 Å². The van der Waals surface area contributed by atoms with Gasteiger partial charge in [-0.3, -0.25) is 0 Å². The lowest BCUT2D eigenvalue weighted by Crippen LogP contribution is -1.95. The van der Waals surface area contributed by atoms with Crippen LogP contribution in [-0.4, -0.2) is 9.13 Å². The second-order valence-corrected chi connectivity index (χ2v) is 14.0. The molecule has 11 rings (SSSR count). The van der Waals surface area contributed by atoms with Crippen LogP contribution in [0.25, 0.3) is 97.1 Å². The molecular formula is C46H28N2S. The van der Waals surface area contributed by atoms with Crippen molar-refractivity contribution in [3.8, 4) is 22.5 Å². The largest absolute Gasteiger partial charge is 0.309 e. The Bertz CT molecular complexity index is 3110. The van der Waals surface area contributed by atoms with Gasteiger partial charge in [-0.15, -0.1) is 11.3 Å². The summed E-state index contributed by atoms with van der Waals surface area (Å²) in [6.07, 6.45) is 0. The minimum atomic E-state index is 1.19. The van der Waals surface area contributed by atoms with Crippen molar-refractivity contribution in [1.82, 2.24) is 9.13 Å². The monoisotopic (exact) mass is 640 g/mol. The van der Waals surface area contributed by atoms with Gasteiger partial charge in [0.15, 0.2) is 0 Å². The molecule has 228 valence electrons. The summed E-state index contributed by atoms with van der Waals surface area (Å²) in [5.41, 5.74) is 9.73. The Morgan fingerprint density at radius 1 is 0.327 bits per heavy atom. The first-order chi connectivity index (χ1) is 24.3. The summed E-state index contributed by atoms with van der Waals surface area (Å²) in [5.74, 6) is 0. The van der Waals surface area contributed by atoms with Crippen molar-refractivity contribution < 1.29 is 0 Å². The van der Waals surface area contributed by atoms with Gasteiger partial charge in [0.2, 0.25) is 0 Å². The molecule has 49 heavy (non-hydrogen) atoms. The van der Waals surface area contributed by atoms with Crippen molar-refractivity contribution in [2.75, 3.05) is 0 Å². The number of aromatic nitrogens is 2. The molecule has 0 radical (unpaired) electrons. The number of thiophene rings is 1. The molecule has 3 heterocycles. The van der Waals surface area contributed by atoms with E-state index in [1.54, 1.807) is 0 Å². The molecule has 0 N–H and O–H groups in total. The van der Waals surface area contributed by atoms with Crippen LogP contribution in [0, 0.1) is 0 Å². The number of rotatable bonds is 3. The van der Waals surface area contributed by atoms with Crippen LogP contribution >= 0.6 is 11.3 Å². The molecule has 0 bridgehead atoms. The molecule has 3 aromatic heterocycles. The van der Waals surface area contributed by atoms with E-state index in [9.17, 15) is 0 Å². The van der Waals surface area contributed by atoms with Gasteiger partial charge < -0.3 is 9.13 Å². The van der Waals surface area contributed by atoms with Gasteiger partial charge in [-0.2, -0.15) is 0 Å². The summed E-state index contributed by atoms with van der Waals surface area (Å²) in [7, 11) is 0. The number of hydrogen-bond donors (Lipinski definition) is 0. The van der Waals surface area contributed by atoms with Gasteiger partial charge in [-0.25, -0.2) is 0 Å². The number of para-hydroxylation sites is 2. The fourth-order valence-electron chi connectivity index (χ4n) is 8.10.